The first-order valence-corrected chi connectivity index (χ1v) is 13.9. The largest absolute Gasteiger partial charge is 0.466 e. The van der Waals surface area contributed by atoms with Crippen LogP contribution in [0.2, 0.25) is 0 Å². The van der Waals surface area contributed by atoms with Crippen LogP contribution in [-0.2, 0) is 25.7 Å². The van der Waals surface area contributed by atoms with Gasteiger partial charge in [0.15, 0.2) is 0 Å². The van der Waals surface area contributed by atoms with E-state index in [0.29, 0.717) is 25.1 Å². The lowest BCUT2D eigenvalue weighted by atomic mass is 10.2. The molecular weight excluding hydrogens is 500 g/mol. The van der Waals surface area contributed by atoms with Gasteiger partial charge in [-0.1, -0.05) is 92.0 Å². The molecule has 214 valence electrons. The molecule has 1 rings (SSSR count). The van der Waals surface area contributed by atoms with E-state index >= 15 is 0 Å². The van der Waals surface area contributed by atoms with Crippen molar-refractivity contribution in [3.8, 4) is 0 Å². The van der Waals surface area contributed by atoms with Gasteiger partial charge in [-0.25, -0.2) is 4.79 Å². The number of esters is 1. The zero-order valence-corrected chi connectivity index (χ0v) is 23.9. The normalized spacial score (nSPS) is 12.2. The fraction of sp³-hybridized carbons (Fsp3) is 0.324. The maximum Gasteiger partial charge on any atom is 0.330 e. The van der Waals surface area contributed by atoms with Crippen LogP contribution in [0.4, 0.5) is 5.69 Å². The summed E-state index contributed by atoms with van der Waals surface area (Å²) in [5, 5.41) is 5.55. The molecule has 0 aliphatic heterocycles. The zero-order chi connectivity index (χ0) is 29.1. The molecule has 0 spiro atoms. The number of amides is 2. The molecule has 1 aromatic rings. The molecule has 0 aliphatic carbocycles. The Morgan fingerprint density at radius 1 is 0.700 bits per heavy atom. The first-order valence-electron chi connectivity index (χ1n) is 13.9. The van der Waals surface area contributed by atoms with E-state index in [-0.39, 0.29) is 5.91 Å². The van der Waals surface area contributed by atoms with Gasteiger partial charge >= 0.3 is 5.97 Å². The summed E-state index contributed by atoms with van der Waals surface area (Å²) < 4.78 is 4.44. The summed E-state index contributed by atoms with van der Waals surface area (Å²) in [5.41, 5.74) is 1.51. The molecule has 6 heteroatoms. The van der Waals surface area contributed by atoms with E-state index in [1.54, 1.807) is 12.1 Å². The second-order valence-electron chi connectivity index (χ2n) is 8.77. The summed E-state index contributed by atoms with van der Waals surface area (Å²) in [6, 6.07) is 7.13. The second kappa shape index (κ2) is 23.9. The Balaban J connectivity index is 2.11. The van der Waals surface area contributed by atoms with E-state index in [1.807, 2.05) is 18.2 Å². The molecule has 2 N–H and O–H groups in total. The maximum absolute atomic E-state index is 12.1. The van der Waals surface area contributed by atoms with E-state index < -0.39 is 11.9 Å². The Morgan fingerprint density at radius 3 is 1.70 bits per heavy atom. The fourth-order valence-electron chi connectivity index (χ4n) is 3.24. The van der Waals surface area contributed by atoms with Crippen molar-refractivity contribution >= 4 is 23.5 Å². The van der Waals surface area contributed by atoms with Gasteiger partial charge < -0.3 is 15.4 Å². The molecule has 0 bridgehead atoms. The quantitative estimate of drug-likeness (QED) is 0.108. The summed E-state index contributed by atoms with van der Waals surface area (Å²) in [6.07, 6.45) is 35.1. The number of benzene rings is 1. The molecule has 0 aromatic heterocycles. The van der Waals surface area contributed by atoms with Crippen LogP contribution in [0.25, 0.3) is 0 Å². The van der Waals surface area contributed by atoms with Gasteiger partial charge in [0.25, 0.3) is 0 Å². The molecule has 0 saturated carbocycles. The van der Waals surface area contributed by atoms with Gasteiger partial charge in [0.1, 0.15) is 0 Å². The number of allylic oxidation sites excluding steroid dienone is 12. The summed E-state index contributed by atoms with van der Waals surface area (Å²) in [6.45, 7) is 2.56. The topological polar surface area (TPSA) is 84.5 Å². The van der Waals surface area contributed by atoms with Crippen molar-refractivity contribution in [3.05, 3.63) is 115 Å². The number of hydrogen-bond acceptors (Lipinski definition) is 4. The highest BCUT2D eigenvalue weighted by Crippen LogP contribution is 2.10. The van der Waals surface area contributed by atoms with E-state index in [0.717, 1.165) is 56.2 Å². The van der Waals surface area contributed by atoms with Gasteiger partial charge in [0.05, 0.1) is 7.11 Å². The lowest BCUT2D eigenvalue weighted by molar-refractivity contribution is -0.135. The number of nitrogens with one attached hydrogen (secondary N) is 2. The Labute approximate surface area is 240 Å². The average molecular weight is 545 g/mol. The molecule has 0 atom stereocenters. The van der Waals surface area contributed by atoms with Gasteiger partial charge in [-0.2, -0.15) is 0 Å². The monoisotopic (exact) mass is 544 g/mol. The molecule has 6 nitrogen and oxygen atoms in total. The fourth-order valence-corrected chi connectivity index (χ4v) is 3.24. The van der Waals surface area contributed by atoms with Crippen molar-refractivity contribution in [1.82, 2.24) is 5.32 Å². The van der Waals surface area contributed by atoms with Gasteiger partial charge in [-0.15, -0.1) is 0 Å². The summed E-state index contributed by atoms with van der Waals surface area (Å²) in [5.74, 6) is -1.03. The third kappa shape index (κ3) is 19.9. The van der Waals surface area contributed by atoms with E-state index in [4.69, 9.17) is 0 Å². The zero-order valence-electron chi connectivity index (χ0n) is 23.9. The lowest BCUT2D eigenvalue weighted by Gasteiger charge is -2.06. The van der Waals surface area contributed by atoms with E-state index in [9.17, 15) is 14.4 Å². The average Bonchev–Trinajstić information content (AvgIpc) is 2.96. The standard InChI is InChI=1S/C34H44N2O4/c1-3-4-5-6-7-8-9-10-11-12-13-14-15-16-17-18-19-20-21-22-32(37)35-29-30-23-25-31(26-24-30)36-33(38)27-28-34(39)40-2/h4-5,7-8,10-11,13-14,16-17,19-20,23-28H,3,6,9,12,15,18,21-22,29H2,1-2H3,(H,35,37)(H,36,38). The molecule has 0 aliphatic rings. The van der Waals surface area contributed by atoms with Gasteiger partial charge in [-0.3, -0.25) is 9.59 Å². The minimum absolute atomic E-state index is 0.00939. The third-order valence-corrected chi connectivity index (χ3v) is 5.42. The number of carbonyl (C=O) groups excluding carboxylic acids is 3. The molecule has 40 heavy (non-hydrogen) atoms. The summed E-state index contributed by atoms with van der Waals surface area (Å²) in [4.78, 5) is 34.9. The SMILES string of the molecule is CCC=CCC=CCC=CCC=CCC=CCC=CCCC(=O)NCc1ccc(NC(=O)C=CC(=O)OC)cc1. The van der Waals surface area contributed by atoms with Crippen LogP contribution in [0, 0.1) is 0 Å². The highest BCUT2D eigenvalue weighted by molar-refractivity contribution is 6.02. The number of ether oxygens (including phenoxy) is 1. The Morgan fingerprint density at radius 2 is 1.20 bits per heavy atom. The van der Waals surface area contributed by atoms with Crippen LogP contribution in [0.3, 0.4) is 0 Å². The van der Waals surface area contributed by atoms with Crippen molar-refractivity contribution in [2.45, 2.75) is 64.8 Å². The highest BCUT2D eigenvalue weighted by Gasteiger charge is 2.02. The van der Waals surface area contributed by atoms with Crippen molar-refractivity contribution in [3.63, 3.8) is 0 Å². The number of carbonyl (C=O) groups is 3. The van der Waals surface area contributed by atoms with Crippen LogP contribution in [0.5, 0.6) is 0 Å². The smallest absolute Gasteiger partial charge is 0.330 e. The van der Waals surface area contributed by atoms with Crippen LogP contribution < -0.4 is 10.6 Å². The predicted octanol–water partition coefficient (Wildman–Crippen LogP) is 7.45. The van der Waals surface area contributed by atoms with Gasteiger partial charge in [0, 0.05) is 30.8 Å². The predicted molar refractivity (Wildman–Crippen MR) is 166 cm³/mol. The summed E-state index contributed by atoms with van der Waals surface area (Å²) in [7, 11) is 1.24. The van der Waals surface area contributed by atoms with Gasteiger partial charge in [0.2, 0.25) is 11.8 Å². The molecule has 0 saturated heterocycles. The van der Waals surface area contributed by atoms with Crippen LogP contribution in [0.1, 0.15) is 63.9 Å². The molecule has 2 amide bonds. The first-order chi connectivity index (χ1) is 19.5. The van der Waals surface area contributed by atoms with Gasteiger partial charge in [-0.05, 0) is 62.6 Å². The second-order valence-corrected chi connectivity index (χ2v) is 8.77. The molecule has 1 aromatic carbocycles. The van der Waals surface area contributed by atoms with Crippen LogP contribution in [0.15, 0.2) is 109 Å². The molecule has 0 unspecified atom stereocenters. The molecule has 0 radical (unpaired) electrons. The van der Waals surface area contributed by atoms with E-state index in [1.165, 1.54) is 7.11 Å². The third-order valence-electron chi connectivity index (χ3n) is 5.42. The number of anilines is 1. The van der Waals surface area contributed by atoms with Crippen molar-refractivity contribution in [2.75, 3.05) is 12.4 Å². The highest BCUT2D eigenvalue weighted by atomic mass is 16.5. The Hall–Kier alpha value is -4.19. The Kier molecular flexibility index (Phi) is 20.2. The van der Waals surface area contributed by atoms with Crippen LogP contribution >= 0.6 is 0 Å². The van der Waals surface area contributed by atoms with Crippen molar-refractivity contribution in [1.29, 1.82) is 0 Å². The Bertz CT molecular complexity index is 1070. The first kappa shape index (κ1) is 33.8. The number of methoxy groups -OCH3 is 1. The van der Waals surface area contributed by atoms with Crippen molar-refractivity contribution < 1.29 is 19.1 Å². The minimum atomic E-state index is -0.595. The summed E-state index contributed by atoms with van der Waals surface area (Å²) >= 11 is 0. The lowest BCUT2D eigenvalue weighted by Crippen LogP contribution is -2.22. The van der Waals surface area contributed by atoms with Crippen LogP contribution in [-0.4, -0.2) is 24.9 Å². The minimum Gasteiger partial charge on any atom is -0.466 e. The number of rotatable bonds is 19. The molecular formula is C34H44N2O4. The molecule has 0 fully saturated rings. The van der Waals surface area contributed by atoms with Crippen molar-refractivity contribution in [2.24, 2.45) is 0 Å². The number of hydrogen-bond donors (Lipinski definition) is 2. The maximum atomic E-state index is 12.1. The van der Waals surface area contributed by atoms with E-state index in [2.05, 4.69) is 89.1 Å². The molecule has 0 heterocycles.